The second-order valence-corrected chi connectivity index (χ2v) is 4.99. The van der Waals surface area contributed by atoms with Gasteiger partial charge in [0.2, 0.25) is 0 Å². The molecule has 0 atom stereocenters. The normalized spacial score (nSPS) is 10.1. The topological polar surface area (TPSA) is 45.2 Å². The molecule has 1 N–H and O–H groups in total. The van der Waals surface area contributed by atoms with Crippen LogP contribution in [0.2, 0.25) is 0 Å². The molecule has 4 nitrogen and oxygen atoms in total. The Kier molecular flexibility index (Phi) is 4.47. The molecule has 1 aromatic carbocycles. The second kappa shape index (κ2) is 6.29. The first-order valence-electron chi connectivity index (χ1n) is 5.96. The van der Waals surface area contributed by atoms with Crippen LogP contribution in [0.15, 0.2) is 43.0 Å². The molecule has 0 spiro atoms. The molecule has 2 rings (SSSR count). The smallest absolute Gasteiger partial charge is 0.322 e. The van der Waals surface area contributed by atoms with Gasteiger partial charge in [0, 0.05) is 25.2 Å². The van der Waals surface area contributed by atoms with Crippen molar-refractivity contribution in [3.05, 3.63) is 48.8 Å². The number of urea groups is 1. The number of nitrogens with one attached hydrogen (secondary N) is 1. The van der Waals surface area contributed by atoms with E-state index in [-0.39, 0.29) is 11.8 Å². The summed E-state index contributed by atoms with van der Waals surface area (Å²) in [5, 5.41) is 3.39. The molecule has 104 valence electrons. The predicted octanol–water partition coefficient (Wildman–Crippen LogP) is 3.60. The fourth-order valence-corrected chi connectivity index (χ4v) is 2.22. The van der Waals surface area contributed by atoms with Crippen LogP contribution in [0.25, 0.3) is 11.3 Å². The van der Waals surface area contributed by atoms with Crippen LogP contribution in [-0.2, 0) is 0 Å². The van der Waals surface area contributed by atoms with E-state index >= 15 is 0 Å². The number of rotatable bonds is 4. The summed E-state index contributed by atoms with van der Waals surface area (Å²) in [5.41, 5.74) is 1.51. The number of carbonyl (C=O) groups is 1. The lowest BCUT2D eigenvalue weighted by atomic mass is 10.1. The molecule has 2 aromatic rings. The summed E-state index contributed by atoms with van der Waals surface area (Å²) in [6.07, 6.45) is 1.65. The number of hydrogen-bond donors (Lipinski definition) is 1. The van der Waals surface area contributed by atoms with Crippen LogP contribution >= 0.6 is 11.5 Å². The molecule has 0 aliphatic heterocycles. The quantitative estimate of drug-likeness (QED) is 0.875. The third kappa shape index (κ3) is 3.42. The van der Waals surface area contributed by atoms with Crippen LogP contribution in [0.1, 0.15) is 0 Å². The van der Waals surface area contributed by atoms with Gasteiger partial charge in [-0.1, -0.05) is 6.08 Å². The molecule has 0 unspecified atom stereocenters. The van der Waals surface area contributed by atoms with Crippen molar-refractivity contribution in [2.75, 3.05) is 18.9 Å². The van der Waals surface area contributed by atoms with Gasteiger partial charge in [-0.2, -0.15) is 4.37 Å². The average Bonchev–Trinajstić information content (AvgIpc) is 2.88. The zero-order valence-corrected chi connectivity index (χ0v) is 11.8. The summed E-state index contributed by atoms with van der Waals surface area (Å²) in [4.78, 5) is 13.3. The fraction of sp³-hybridized carbons (Fsp3) is 0.143. The molecule has 0 bridgehead atoms. The second-order valence-electron chi connectivity index (χ2n) is 4.18. The van der Waals surface area contributed by atoms with E-state index in [4.69, 9.17) is 0 Å². The summed E-state index contributed by atoms with van der Waals surface area (Å²) < 4.78 is 17.1. The summed E-state index contributed by atoms with van der Waals surface area (Å²) in [6, 6.07) is 7.60. The Balaban J connectivity index is 2.07. The Bertz CT molecular complexity index is 609. The summed E-state index contributed by atoms with van der Waals surface area (Å²) in [5.74, 6) is -0.288. The van der Waals surface area contributed by atoms with Crippen molar-refractivity contribution in [1.29, 1.82) is 0 Å². The molecule has 0 saturated heterocycles. The van der Waals surface area contributed by atoms with Gasteiger partial charge in [-0.25, -0.2) is 9.18 Å². The summed E-state index contributed by atoms with van der Waals surface area (Å²) >= 11 is 1.18. The van der Waals surface area contributed by atoms with E-state index in [0.29, 0.717) is 17.2 Å². The van der Waals surface area contributed by atoms with Gasteiger partial charge in [-0.15, -0.1) is 6.58 Å². The Morgan fingerprint density at radius 2 is 2.20 bits per heavy atom. The van der Waals surface area contributed by atoms with Gasteiger partial charge in [0.25, 0.3) is 0 Å². The molecule has 0 aliphatic carbocycles. The molecule has 0 saturated carbocycles. The molecule has 6 heteroatoms. The van der Waals surface area contributed by atoms with Gasteiger partial charge in [-0.05, 0) is 35.8 Å². The lowest BCUT2D eigenvalue weighted by molar-refractivity contribution is 0.227. The van der Waals surface area contributed by atoms with Crippen LogP contribution in [0.4, 0.5) is 14.2 Å². The lowest BCUT2D eigenvalue weighted by Gasteiger charge is -2.14. The van der Waals surface area contributed by atoms with Crippen LogP contribution in [0.5, 0.6) is 0 Å². The molecule has 0 fully saturated rings. The lowest BCUT2D eigenvalue weighted by Crippen LogP contribution is -2.30. The van der Waals surface area contributed by atoms with Crippen LogP contribution in [0, 0.1) is 5.82 Å². The van der Waals surface area contributed by atoms with Crippen LogP contribution in [-0.4, -0.2) is 28.9 Å². The number of hydrogen-bond acceptors (Lipinski definition) is 3. The number of nitrogens with zero attached hydrogens (tertiary/aromatic N) is 2. The zero-order chi connectivity index (χ0) is 14.5. The monoisotopic (exact) mass is 291 g/mol. The van der Waals surface area contributed by atoms with E-state index in [1.54, 1.807) is 31.3 Å². The molecule has 1 heterocycles. The van der Waals surface area contributed by atoms with E-state index < -0.39 is 0 Å². The van der Waals surface area contributed by atoms with Gasteiger partial charge < -0.3 is 4.90 Å². The van der Waals surface area contributed by atoms with Crippen molar-refractivity contribution < 1.29 is 9.18 Å². The minimum Gasteiger partial charge on any atom is -0.324 e. The zero-order valence-electron chi connectivity index (χ0n) is 11.0. The number of likely N-dealkylation sites (N-methyl/N-ethyl adjacent to an activating group) is 1. The molecule has 1 aromatic heterocycles. The highest BCUT2D eigenvalue weighted by molar-refractivity contribution is 7.10. The van der Waals surface area contributed by atoms with Gasteiger partial charge >= 0.3 is 6.03 Å². The van der Waals surface area contributed by atoms with E-state index in [0.717, 1.165) is 5.56 Å². The van der Waals surface area contributed by atoms with Crippen molar-refractivity contribution in [2.45, 2.75) is 0 Å². The number of benzene rings is 1. The van der Waals surface area contributed by atoms with E-state index in [1.807, 2.05) is 0 Å². The molecular formula is C14H14FN3OS. The first-order chi connectivity index (χ1) is 9.60. The summed E-state index contributed by atoms with van der Waals surface area (Å²) in [6.45, 7) is 4.05. The number of anilines is 1. The first kappa shape index (κ1) is 14.2. The predicted molar refractivity (Wildman–Crippen MR) is 79.4 cm³/mol. The van der Waals surface area contributed by atoms with Crippen LogP contribution in [0.3, 0.4) is 0 Å². The molecular weight excluding hydrogens is 277 g/mol. The van der Waals surface area contributed by atoms with E-state index in [2.05, 4.69) is 16.3 Å². The standard InChI is InChI=1S/C14H14FN3OS/c1-3-8-18(2)14(19)16-13-9-12(17-20-13)10-4-6-11(15)7-5-10/h3-7,9H,1,8H2,2H3,(H,16,19). The molecule has 2 amide bonds. The molecule has 20 heavy (non-hydrogen) atoms. The third-order valence-corrected chi connectivity index (χ3v) is 3.33. The number of aromatic nitrogens is 1. The van der Waals surface area contributed by atoms with Crippen molar-refractivity contribution in [2.24, 2.45) is 0 Å². The van der Waals surface area contributed by atoms with Crippen molar-refractivity contribution >= 4 is 22.6 Å². The number of amides is 2. The van der Waals surface area contributed by atoms with Gasteiger partial charge in [0.05, 0.1) is 5.69 Å². The average molecular weight is 291 g/mol. The van der Waals surface area contributed by atoms with E-state index in [9.17, 15) is 9.18 Å². The Morgan fingerprint density at radius 3 is 2.85 bits per heavy atom. The SMILES string of the molecule is C=CCN(C)C(=O)Nc1cc(-c2ccc(F)cc2)ns1. The third-order valence-electron chi connectivity index (χ3n) is 2.63. The number of carbonyl (C=O) groups excluding carboxylic acids is 1. The maximum Gasteiger partial charge on any atom is 0.322 e. The highest BCUT2D eigenvalue weighted by Crippen LogP contribution is 2.25. The van der Waals surface area contributed by atoms with Crippen LogP contribution < -0.4 is 5.32 Å². The maximum absolute atomic E-state index is 12.9. The Morgan fingerprint density at radius 1 is 1.50 bits per heavy atom. The Labute approximate surface area is 120 Å². The minimum absolute atomic E-state index is 0.223. The molecule has 0 radical (unpaired) electrons. The van der Waals surface area contributed by atoms with Gasteiger partial charge in [0.1, 0.15) is 10.8 Å². The fourth-order valence-electron chi connectivity index (χ4n) is 1.57. The van der Waals surface area contributed by atoms with Gasteiger partial charge in [0.15, 0.2) is 0 Å². The highest BCUT2D eigenvalue weighted by atomic mass is 32.1. The minimum atomic E-state index is -0.288. The highest BCUT2D eigenvalue weighted by Gasteiger charge is 2.10. The molecule has 0 aliphatic rings. The van der Waals surface area contributed by atoms with E-state index in [1.165, 1.54) is 28.6 Å². The first-order valence-corrected chi connectivity index (χ1v) is 6.73. The van der Waals surface area contributed by atoms with Crippen molar-refractivity contribution in [3.8, 4) is 11.3 Å². The maximum atomic E-state index is 12.9. The van der Waals surface area contributed by atoms with Gasteiger partial charge in [-0.3, -0.25) is 5.32 Å². The Hall–Kier alpha value is -2.21. The van der Waals surface area contributed by atoms with Crippen molar-refractivity contribution in [1.82, 2.24) is 9.27 Å². The summed E-state index contributed by atoms with van der Waals surface area (Å²) in [7, 11) is 1.68. The largest absolute Gasteiger partial charge is 0.324 e. The number of halogens is 1. The van der Waals surface area contributed by atoms with Crippen molar-refractivity contribution in [3.63, 3.8) is 0 Å².